The van der Waals surface area contributed by atoms with Gasteiger partial charge in [0, 0.05) is 12.4 Å². The van der Waals surface area contributed by atoms with Crippen molar-refractivity contribution in [3.8, 4) is 0 Å². The molecule has 0 aliphatic carbocycles. The van der Waals surface area contributed by atoms with Crippen LogP contribution in [0.25, 0.3) is 0 Å². The van der Waals surface area contributed by atoms with Crippen molar-refractivity contribution in [2.75, 3.05) is 0 Å². The lowest BCUT2D eigenvalue weighted by atomic mass is 10.5. The summed E-state index contributed by atoms with van der Waals surface area (Å²) in [5, 5.41) is 1.36. The van der Waals surface area contributed by atoms with E-state index in [2.05, 4.69) is 29.9 Å². The van der Waals surface area contributed by atoms with Crippen molar-refractivity contribution >= 4 is 14.0 Å². The quantitative estimate of drug-likeness (QED) is 0.569. The standard InChI is InChI=1S/C8H11NSi/c1-3-10(2)8-5-4-6-9-7-8/h3-7,10H,1H2,2H3. The molecule has 1 heterocycles. The van der Waals surface area contributed by atoms with Crippen LogP contribution >= 0.6 is 0 Å². The van der Waals surface area contributed by atoms with Crippen LogP contribution in [-0.4, -0.2) is 13.8 Å². The van der Waals surface area contributed by atoms with Crippen molar-refractivity contribution in [1.82, 2.24) is 4.98 Å². The molecule has 1 unspecified atom stereocenters. The molecule has 0 bridgehead atoms. The molecule has 1 rings (SSSR count). The first kappa shape index (κ1) is 7.22. The van der Waals surface area contributed by atoms with E-state index in [9.17, 15) is 0 Å². The topological polar surface area (TPSA) is 12.9 Å². The Morgan fingerprint density at radius 2 is 2.50 bits per heavy atom. The van der Waals surface area contributed by atoms with E-state index in [1.807, 2.05) is 12.3 Å². The summed E-state index contributed by atoms with van der Waals surface area (Å²) in [6.45, 7) is 6.01. The van der Waals surface area contributed by atoms with Crippen molar-refractivity contribution in [3.05, 3.63) is 36.8 Å². The fourth-order valence-electron chi connectivity index (χ4n) is 0.781. The van der Waals surface area contributed by atoms with Crippen LogP contribution < -0.4 is 5.19 Å². The Bertz CT molecular complexity index is 208. The van der Waals surface area contributed by atoms with Gasteiger partial charge in [0.15, 0.2) is 0 Å². The second kappa shape index (κ2) is 3.32. The minimum absolute atomic E-state index is 0.838. The van der Waals surface area contributed by atoms with E-state index in [-0.39, 0.29) is 0 Å². The molecular formula is C8H11NSi. The first-order valence-corrected chi connectivity index (χ1v) is 5.77. The van der Waals surface area contributed by atoms with Crippen molar-refractivity contribution in [2.45, 2.75) is 6.55 Å². The minimum atomic E-state index is -0.838. The molecular weight excluding hydrogens is 138 g/mol. The van der Waals surface area contributed by atoms with Gasteiger partial charge in [-0.25, -0.2) is 0 Å². The lowest BCUT2D eigenvalue weighted by Crippen LogP contribution is -2.23. The fourth-order valence-corrected chi connectivity index (χ4v) is 1.79. The van der Waals surface area contributed by atoms with E-state index in [0.29, 0.717) is 0 Å². The molecule has 0 saturated carbocycles. The zero-order chi connectivity index (χ0) is 7.40. The molecule has 52 valence electrons. The Morgan fingerprint density at radius 1 is 1.70 bits per heavy atom. The fraction of sp³-hybridized carbons (Fsp3) is 0.125. The first-order chi connectivity index (χ1) is 4.84. The van der Waals surface area contributed by atoms with Crippen LogP contribution in [0.1, 0.15) is 0 Å². The SMILES string of the molecule is C=C[SiH](C)c1cccnc1. The molecule has 1 aromatic heterocycles. The summed E-state index contributed by atoms with van der Waals surface area (Å²) in [5.74, 6) is 0. The van der Waals surface area contributed by atoms with Crippen LogP contribution in [0, 0.1) is 0 Å². The highest BCUT2D eigenvalue weighted by atomic mass is 28.3. The van der Waals surface area contributed by atoms with E-state index in [1.54, 1.807) is 6.20 Å². The smallest absolute Gasteiger partial charge is 0.0923 e. The molecule has 0 spiro atoms. The number of nitrogens with zero attached hydrogens (tertiary/aromatic N) is 1. The maximum atomic E-state index is 4.04. The van der Waals surface area contributed by atoms with Gasteiger partial charge in [0.2, 0.25) is 0 Å². The van der Waals surface area contributed by atoms with Gasteiger partial charge in [0.05, 0.1) is 8.80 Å². The van der Waals surface area contributed by atoms with Gasteiger partial charge < -0.3 is 0 Å². The number of rotatable bonds is 2. The summed E-state index contributed by atoms with van der Waals surface area (Å²) in [6.07, 6.45) is 3.73. The second-order valence-electron chi connectivity index (χ2n) is 2.31. The van der Waals surface area contributed by atoms with Gasteiger partial charge in [-0.1, -0.05) is 12.6 Å². The maximum absolute atomic E-state index is 4.04. The Morgan fingerprint density at radius 3 is 3.00 bits per heavy atom. The molecule has 2 heteroatoms. The summed E-state index contributed by atoms with van der Waals surface area (Å²) in [4.78, 5) is 4.04. The van der Waals surface area contributed by atoms with E-state index in [0.717, 1.165) is 0 Å². The Labute approximate surface area is 63.0 Å². The maximum Gasteiger partial charge on any atom is 0.0923 e. The number of aromatic nitrogens is 1. The monoisotopic (exact) mass is 149 g/mol. The van der Waals surface area contributed by atoms with Gasteiger partial charge in [-0.2, -0.15) is 0 Å². The van der Waals surface area contributed by atoms with Crippen molar-refractivity contribution in [2.24, 2.45) is 0 Å². The van der Waals surface area contributed by atoms with Crippen molar-refractivity contribution < 1.29 is 0 Å². The van der Waals surface area contributed by atoms with Crippen LogP contribution in [0.5, 0.6) is 0 Å². The first-order valence-electron chi connectivity index (χ1n) is 3.37. The molecule has 0 fully saturated rings. The lowest BCUT2D eigenvalue weighted by molar-refractivity contribution is 1.35. The van der Waals surface area contributed by atoms with E-state index in [4.69, 9.17) is 0 Å². The summed E-state index contributed by atoms with van der Waals surface area (Å²) in [5.41, 5.74) is 2.05. The molecule has 0 aliphatic rings. The van der Waals surface area contributed by atoms with Crippen molar-refractivity contribution in [1.29, 1.82) is 0 Å². The third-order valence-corrected chi connectivity index (χ3v) is 3.66. The van der Waals surface area contributed by atoms with E-state index >= 15 is 0 Å². The highest BCUT2D eigenvalue weighted by molar-refractivity contribution is 6.76. The lowest BCUT2D eigenvalue weighted by Gasteiger charge is -2.00. The van der Waals surface area contributed by atoms with Gasteiger partial charge in [0.1, 0.15) is 0 Å². The van der Waals surface area contributed by atoms with E-state index in [1.165, 1.54) is 5.19 Å². The van der Waals surface area contributed by atoms with Gasteiger partial charge in [-0.05, 0) is 11.3 Å². The highest BCUT2D eigenvalue weighted by Gasteiger charge is 1.99. The van der Waals surface area contributed by atoms with Gasteiger partial charge in [-0.3, -0.25) is 4.98 Å². The summed E-state index contributed by atoms with van der Waals surface area (Å²) < 4.78 is 0. The Hall–Kier alpha value is -0.893. The number of hydrogen-bond acceptors (Lipinski definition) is 1. The van der Waals surface area contributed by atoms with Gasteiger partial charge in [-0.15, -0.1) is 12.3 Å². The predicted octanol–water partition coefficient (Wildman–Crippen LogP) is 0.871. The molecule has 0 amide bonds. The molecule has 1 aromatic rings. The third-order valence-electron chi connectivity index (χ3n) is 1.56. The summed E-state index contributed by atoms with van der Waals surface area (Å²) >= 11 is 0. The molecule has 1 nitrogen and oxygen atoms in total. The Balaban J connectivity index is 2.84. The predicted molar refractivity (Wildman–Crippen MR) is 47.1 cm³/mol. The van der Waals surface area contributed by atoms with Gasteiger partial charge >= 0.3 is 0 Å². The molecule has 0 radical (unpaired) electrons. The third kappa shape index (κ3) is 1.54. The largest absolute Gasteiger partial charge is 0.265 e. The second-order valence-corrected chi connectivity index (χ2v) is 5.03. The number of hydrogen-bond donors (Lipinski definition) is 0. The number of pyridine rings is 1. The molecule has 0 aliphatic heterocycles. The zero-order valence-corrected chi connectivity index (χ0v) is 7.27. The minimum Gasteiger partial charge on any atom is -0.265 e. The highest BCUT2D eigenvalue weighted by Crippen LogP contribution is 1.84. The van der Waals surface area contributed by atoms with Crippen LogP contribution in [0.3, 0.4) is 0 Å². The Kier molecular flexibility index (Phi) is 2.40. The molecule has 10 heavy (non-hydrogen) atoms. The average molecular weight is 149 g/mol. The summed E-state index contributed by atoms with van der Waals surface area (Å²) in [7, 11) is -0.838. The van der Waals surface area contributed by atoms with Gasteiger partial charge in [0.25, 0.3) is 0 Å². The van der Waals surface area contributed by atoms with E-state index < -0.39 is 8.80 Å². The average Bonchev–Trinajstić information content (AvgIpc) is 2.05. The normalized spacial score (nSPS) is 12.5. The molecule has 0 saturated heterocycles. The van der Waals surface area contributed by atoms with Crippen LogP contribution in [0.4, 0.5) is 0 Å². The van der Waals surface area contributed by atoms with Crippen LogP contribution in [0.2, 0.25) is 6.55 Å². The zero-order valence-electron chi connectivity index (χ0n) is 6.12. The van der Waals surface area contributed by atoms with Crippen molar-refractivity contribution in [3.63, 3.8) is 0 Å². The molecule has 1 atom stereocenters. The summed E-state index contributed by atoms with van der Waals surface area (Å²) in [6, 6.07) is 4.09. The molecule has 0 N–H and O–H groups in total. The van der Waals surface area contributed by atoms with Crippen LogP contribution in [0.15, 0.2) is 36.8 Å². The molecule has 0 aromatic carbocycles. The van der Waals surface area contributed by atoms with Crippen LogP contribution in [-0.2, 0) is 0 Å².